The molecule has 6 nitrogen and oxygen atoms in total. The molecule has 1 fully saturated rings. The number of piperazine rings is 1. The summed E-state index contributed by atoms with van der Waals surface area (Å²) in [5.74, 6) is 0.120. The third kappa shape index (κ3) is 2.95. The van der Waals surface area contributed by atoms with Crippen LogP contribution in [0.5, 0.6) is 0 Å². The maximum absolute atomic E-state index is 9.06. The summed E-state index contributed by atoms with van der Waals surface area (Å²) >= 11 is 0. The minimum absolute atomic E-state index is 0.120. The van der Waals surface area contributed by atoms with E-state index in [1.807, 2.05) is 19.9 Å². The van der Waals surface area contributed by atoms with Gasteiger partial charge in [-0.05, 0) is 40.8 Å². The van der Waals surface area contributed by atoms with Crippen molar-refractivity contribution in [2.45, 2.75) is 39.8 Å². The summed E-state index contributed by atoms with van der Waals surface area (Å²) in [6.45, 7) is 10.1. The fourth-order valence-corrected chi connectivity index (χ4v) is 3.03. The molecule has 2 heterocycles. The average molecular weight is 291 g/mol. The van der Waals surface area contributed by atoms with Crippen molar-refractivity contribution in [2.75, 3.05) is 25.0 Å². The summed E-state index contributed by atoms with van der Waals surface area (Å²) in [7, 11) is 2.15. The molecule has 0 aliphatic carbocycles. The Morgan fingerprint density at radius 2 is 1.90 bits per heavy atom. The summed E-state index contributed by atoms with van der Waals surface area (Å²) in [6.07, 6.45) is 0. The third-order valence-electron chi connectivity index (χ3n) is 4.37. The SMILES string of the molecule is Cc1cc(N2CC(C)N(C)C(C)C2)c(/C(N)=N/O)c(C)n1. The lowest BCUT2D eigenvalue weighted by molar-refractivity contribution is 0.170. The number of aromatic nitrogens is 1. The van der Waals surface area contributed by atoms with Crippen LogP contribution in [0.15, 0.2) is 11.2 Å². The molecule has 1 aliphatic heterocycles. The predicted molar refractivity (Wildman–Crippen MR) is 85.1 cm³/mol. The van der Waals surface area contributed by atoms with Crippen molar-refractivity contribution in [1.82, 2.24) is 9.88 Å². The first-order valence-electron chi connectivity index (χ1n) is 7.28. The maximum atomic E-state index is 9.06. The van der Waals surface area contributed by atoms with Gasteiger partial charge in [-0.15, -0.1) is 0 Å². The monoisotopic (exact) mass is 291 g/mol. The van der Waals surface area contributed by atoms with Crippen molar-refractivity contribution in [3.05, 3.63) is 23.0 Å². The van der Waals surface area contributed by atoms with Crippen molar-refractivity contribution in [1.29, 1.82) is 0 Å². The van der Waals surface area contributed by atoms with Gasteiger partial charge in [0.1, 0.15) is 0 Å². The second kappa shape index (κ2) is 5.89. The lowest BCUT2D eigenvalue weighted by Gasteiger charge is -2.44. The number of nitrogens with zero attached hydrogens (tertiary/aromatic N) is 4. The molecular weight excluding hydrogens is 266 g/mol. The van der Waals surface area contributed by atoms with E-state index in [1.165, 1.54) is 0 Å². The van der Waals surface area contributed by atoms with E-state index in [4.69, 9.17) is 10.9 Å². The fourth-order valence-electron chi connectivity index (χ4n) is 3.03. The Balaban J connectivity index is 2.48. The number of anilines is 1. The molecule has 21 heavy (non-hydrogen) atoms. The zero-order valence-electron chi connectivity index (χ0n) is 13.5. The van der Waals surface area contributed by atoms with Gasteiger partial charge in [-0.1, -0.05) is 5.16 Å². The zero-order valence-corrected chi connectivity index (χ0v) is 13.5. The molecule has 0 amide bonds. The van der Waals surface area contributed by atoms with E-state index in [9.17, 15) is 0 Å². The standard InChI is InChI=1S/C15H25N5O/c1-9-6-13(14(12(4)17-9)15(16)18-21)20-7-10(2)19(5)11(3)8-20/h6,10-11,21H,7-8H2,1-5H3,(H2,16,18). The van der Waals surface area contributed by atoms with Crippen molar-refractivity contribution in [3.63, 3.8) is 0 Å². The Hall–Kier alpha value is -1.82. The summed E-state index contributed by atoms with van der Waals surface area (Å²) < 4.78 is 0. The Morgan fingerprint density at radius 3 is 2.43 bits per heavy atom. The van der Waals surface area contributed by atoms with Gasteiger partial charge in [0.05, 0.1) is 16.9 Å². The predicted octanol–water partition coefficient (Wildman–Crippen LogP) is 1.32. The van der Waals surface area contributed by atoms with Crippen molar-refractivity contribution < 1.29 is 5.21 Å². The van der Waals surface area contributed by atoms with E-state index in [1.54, 1.807) is 0 Å². The minimum atomic E-state index is 0.120. The molecule has 116 valence electrons. The number of amidine groups is 1. The van der Waals surface area contributed by atoms with Crippen LogP contribution in [0.2, 0.25) is 0 Å². The van der Waals surface area contributed by atoms with E-state index in [0.717, 1.165) is 35.7 Å². The number of hydrogen-bond acceptors (Lipinski definition) is 5. The van der Waals surface area contributed by atoms with Gasteiger partial charge in [0, 0.05) is 30.9 Å². The van der Waals surface area contributed by atoms with Crippen LogP contribution in [0.25, 0.3) is 0 Å². The zero-order chi connectivity index (χ0) is 15.7. The summed E-state index contributed by atoms with van der Waals surface area (Å²) in [5, 5.41) is 12.2. The number of nitrogens with two attached hydrogens (primary N) is 1. The molecular formula is C15H25N5O. The molecule has 0 aromatic carbocycles. The Bertz CT molecular complexity index is 545. The lowest BCUT2D eigenvalue weighted by Crippen LogP contribution is -2.55. The molecule has 2 atom stereocenters. The number of rotatable bonds is 2. The van der Waals surface area contributed by atoms with Gasteiger partial charge < -0.3 is 15.8 Å². The first kappa shape index (κ1) is 15.6. The highest BCUT2D eigenvalue weighted by Gasteiger charge is 2.29. The second-order valence-corrected chi connectivity index (χ2v) is 6.00. The van der Waals surface area contributed by atoms with E-state index in [0.29, 0.717) is 12.1 Å². The number of hydrogen-bond donors (Lipinski definition) is 2. The van der Waals surface area contributed by atoms with Crippen LogP contribution in [0.1, 0.15) is 30.8 Å². The van der Waals surface area contributed by atoms with Gasteiger partial charge in [-0.2, -0.15) is 0 Å². The smallest absolute Gasteiger partial charge is 0.174 e. The number of aryl methyl sites for hydroxylation is 2. The molecule has 1 saturated heterocycles. The molecule has 2 rings (SSSR count). The quantitative estimate of drug-likeness (QED) is 0.372. The molecule has 0 radical (unpaired) electrons. The highest BCUT2D eigenvalue weighted by Crippen LogP contribution is 2.27. The lowest BCUT2D eigenvalue weighted by atomic mass is 10.0. The van der Waals surface area contributed by atoms with E-state index < -0.39 is 0 Å². The minimum Gasteiger partial charge on any atom is -0.409 e. The van der Waals surface area contributed by atoms with Crippen LogP contribution in [-0.4, -0.2) is 53.1 Å². The average Bonchev–Trinajstić information content (AvgIpc) is 2.42. The van der Waals surface area contributed by atoms with Crippen LogP contribution in [0.3, 0.4) is 0 Å². The molecule has 0 bridgehead atoms. The van der Waals surface area contributed by atoms with E-state index in [-0.39, 0.29) is 5.84 Å². The van der Waals surface area contributed by atoms with Crippen LogP contribution >= 0.6 is 0 Å². The van der Waals surface area contributed by atoms with Crippen LogP contribution in [0, 0.1) is 13.8 Å². The van der Waals surface area contributed by atoms with Crippen LogP contribution in [0.4, 0.5) is 5.69 Å². The van der Waals surface area contributed by atoms with Crippen molar-refractivity contribution >= 4 is 11.5 Å². The summed E-state index contributed by atoms with van der Waals surface area (Å²) in [6, 6.07) is 2.91. The number of oxime groups is 1. The molecule has 3 N–H and O–H groups in total. The van der Waals surface area contributed by atoms with Gasteiger partial charge >= 0.3 is 0 Å². The normalized spacial score (nSPS) is 24.4. The highest BCUT2D eigenvalue weighted by atomic mass is 16.4. The Kier molecular flexibility index (Phi) is 4.37. The molecule has 0 spiro atoms. The van der Waals surface area contributed by atoms with Crippen molar-refractivity contribution in [3.8, 4) is 0 Å². The molecule has 1 aromatic rings. The van der Waals surface area contributed by atoms with Gasteiger partial charge in [0.25, 0.3) is 0 Å². The van der Waals surface area contributed by atoms with Gasteiger partial charge in [0.15, 0.2) is 5.84 Å². The van der Waals surface area contributed by atoms with E-state index >= 15 is 0 Å². The molecule has 1 aliphatic rings. The van der Waals surface area contributed by atoms with Gasteiger partial charge in [0.2, 0.25) is 0 Å². The summed E-state index contributed by atoms with van der Waals surface area (Å²) in [5.41, 5.74) is 9.34. The first-order chi connectivity index (χ1) is 9.85. The van der Waals surface area contributed by atoms with Crippen LogP contribution in [-0.2, 0) is 0 Å². The highest BCUT2D eigenvalue weighted by molar-refractivity contribution is 6.03. The molecule has 6 heteroatoms. The fraction of sp³-hybridized carbons (Fsp3) is 0.600. The molecule has 0 saturated carbocycles. The maximum Gasteiger partial charge on any atom is 0.174 e. The molecule has 1 aromatic heterocycles. The third-order valence-corrected chi connectivity index (χ3v) is 4.37. The van der Waals surface area contributed by atoms with Gasteiger partial charge in [-0.25, -0.2) is 0 Å². The largest absolute Gasteiger partial charge is 0.409 e. The second-order valence-electron chi connectivity index (χ2n) is 6.00. The Labute approximate surface area is 126 Å². The number of pyridine rings is 1. The summed E-state index contributed by atoms with van der Waals surface area (Å²) in [4.78, 5) is 9.13. The van der Waals surface area contributed by atoms with E-state index in [2.05, 4.69) is 40.8 Å². The molecule has 2 unspecified atom stereocenters. The van der Waals surface area contributed by atoms with Crippen LogP contribution < -0.4 is 10.6 Å². The Morgan fingerprint density at radius 1 is 1.33 bits per heavy atom. The number of likely N-dealkylation sites (N-methyl/N-ethyl adjacent to an activating group) is 1. The topological polar surface area (TPSA) is 78.0 Å². The van der Waals surface area contributed by atoms with Crippen molar-refractivity contribution in [2.24, 2.45) is 10.9 Å². The first-order valence-corrected chi connectivity index (χ1v) is 7.28. The van der Waals surface area contributed by atoms with Gasteiger partial charge in [-0.3, -0.25) is 9.88 Å².